The summed E-state index contributed by atoms with van der Waals surface area (Å²) in [5.74, 6) is -2.79. The van der Waals surface area contributed by atoms with Gasteiger partial charge in [-0.1, -0.05) is 0 Å². The van der Waals surface area contributed by atoms with E-state index in [2.05, 4.69) is 4.98 Å². The van der Waals surface area contributed by atoms with Gasteiger partial charge >= 0.3 is 0 Å². The Morgan fingerprint density at radius 3 is 2.79 bits per heavy atom. The first-order valence-electron chi connectivity index (χ1n) is 4.57. The molecule has 78 valence electrons. The zero-order valence-electron chi connectivity index (χ0n) is 8.13. The highest BCUT2D eigenvalue weighted by atomic mass is 19.3. The number of hydrogen-bond donors (Lipinski definition) is 1. The van der Waals surface area contributed by atoms with Crippen molar-refractivity contribution in [2.24, 2.45) is 5.73 Å². The van der Waals surface area contributed by atoms with Crippen LogP contribution in [0.2, 0.25) is 0 Å². The Balaban J connectivity index is 2.79. The summed E-state index contributed by atoms with van der Waals surface area (Å²) in [5.41, 5.74) is 6.01. The normalized spacial score (nSPS) is 11.7. The van der Waals surface area contributed by atoms with E-state index in [1.54, 1.807) is 0 Å². The molecule has 0 bridgehead atoms. The third kappa shape index (κ3) is 3.03. The van der Waals surface area contributed by atoms with Gasteiger partial charge in [-0.25, -0.2) is 8.78 Å². The zero-order valence-corrected chi connectivity index (χ0v) is 8.13. The standard InChI is InChI=1S/C10H14F2N2/c1-10(11,12)8-4-6-14-9(7-8)3-2-5-13/h4,6-7H,2-3,5,13H2,1H3. The number of aryl methyl sites for hydroxylation is 1. The van der Waals surface area contributed by atoms with Crippen molar-refractivity contribution in [2.75, 3.05) is 6.54 Å². The van der Waals surface area contributed by atoms with Crippen LogP contribution in [0.3, 0.4) is 0 Å². The van der Waals surface area contributed by atoms with Crippen molar-refractivity contribution in [3.63, 3.8) is 0 Å². The van der Waals surface area contributed by atoms with E-state index in [0.29, 0.717) is 18.7 Å². The molecule has 0 aliphatic carbocycles. The lowest BCUT2D eigenvalue weighted by molar-refractivity contribution is 0.0173. The summed E-state index contributed by atoms with van der Waals surface area (Å²) in [6.07, 6.45) is 2.84. The lowest BCUT2D eigenvalue weighted by Gasteiger charge is -2.11. The highest BCUT2D eigenvalue weighted by Crippen LogP contribution is 2.26. The lowest BCUT2D eigenvalue weighted by Crippen LogP contribution is -2.08. The van der Waals surface area contributed by atoms with Crippen LogP contribution in [-0.2, 0) is 12.3 Å². The van der Waals surface area contributed by atoms with E-state index in [-0.39, 0.29) is 5.56 Å². The van der Waals surface area contributed by atoms with E-state index in [9.17, 15) is 8.78 Å². The van der Waals surface area contributed by atoms with Crippen LogP contribution in [0.5, 0.6) is 0 Å². The number of alkyl halides is 2. The Morgan fingerprint density at radius 1 is 1.50 bits per heavy atom. The van der Waals surface area contributed by atoms with Gasteiger partial charge in [-0.2, -0.15) is 0 Å². The number of nitrogens with two attached hydrogens (primary N) is 1. The number of hydrogen-bond acceptors (Lipinski definition) is 2. The van der Waals surface area contributed by atoms with Gasteiger partial charge in [0.05, 0.1) is 0 Å². The Hall–Kier alpha value is -1.03. The van der Waals surface area contributed by atoms with Crippen LogP contribution >= 0.6 is 0 Å². The van der Waals surface area contributed by atoms with Crippen LogP contribution in [0.1, 0.15) is 24.6 Å². The average molecular weight is 200 g/mol. The van der Waals surface area contributed by atoms with E-state index in [0.717, 1.165) is 13.3 Å². The van der Waals surface area contributed by atoms with Crippen LogP contribution < -0.4 is 5.73 Å². The average Bonchev–Trinajstić information content (AvgIpc) is 2.14. The maximum Gasteiger partial charge on any atom is 0.270 e. The van der Waals surface area contributed by atoms with Gasteiger partial charge in [0.25, 0.3) is 5.92 Å². The van der Waals surface area contributed by atoms with Gasteiger partial charge in [-0.05, 0) is 31.5 Å². The van der Waals surface area contributed by atoms with Crippen molar-refractivity contribution in [1.82, 2.24) is 4.98 Å². The molecule has 1 aromatic heterocycles. The molecule has 0 radical (unpaired) electrons. The number of rotatable bonds is 4. The van der Waals surface area contributed by atoms with E-state index < -0.39 is 5.92 Å². The third-order valence-electron chi connectivity index (χ3n) is 1.96. The van der Waals surface area contributed by atoms with Gasteiger partial charge in [-0.15, -0.1) is 0 Å². The summed E-state index contributed by atoms with van der Waals surface area (Å²) < 4.78 is 25.8. The molecule has 0 aromatic carbocycles. The highest BCUT2D eigenvalue weighted by molar-refractivity contribution is 5.20. The van der Waals surface area contributed by atoms with Crippen LogP contribution in [0.15, 0.2) is 18.3 Å². The van der Waals surface area contributed by atoms with Gasteiger partial charge < -0.3 is 5.73 Å². The van der Waals surface area contributed by atoms with Crippen LogP contribution in [0.25, 0.3) is 0 Å². The number of pyridine rings is 1. The van der Waals surface area contributed by atoms with Gasteiger partial charge in [0.2, 0.25) is 0 Å². The van der Waals surface area contributed by atoms with E-state index in [1.165, 1.54) is 18.3 Å². The molecular weight excluding hydrogens is 186 g/mol. The smallest absolute Gasteiger partial charge is 0.270 e. The largest absolute Gasteiger partial charge is 0.330 e. The Kier molecular flexibility index (Phi) is 3.52. The van der Waals surface area contributed by atoms with Crippen LogP contribution in [-0.4, -0.2) is 11.5 Å². The van der Waals surface area contributed by atoms with Crippen molar-refractivity contribution in [2.45, 2.75) is 25.7 Å². The summed E-state index contributed by atoms with van der Waals surface area (Å²) in [6, 6.07) is 2.78. The molecule has 0 spiro atoms. The molecule has 4 heteroatoms. The highest BCUT2D eigenvalue weighted by Gasteiger charge is 2.24. The number of halogens is 2. The monoisotopic (exact) mass is 200 g/mol. The maximum absolute atomic E-state index is 12.9. The zero-order chi connectivity index (χ0) is 10.6. The van der Waals surface area contributed by atoms with E-state index in [1.807, 2.05) is 0 Å². The van der Waals surface area contributed by atoms with Gasteiger partial charge in [0.15, 0.2) is 0 Å². The summed E-state index contributed by atoms with van der Waals surface area (Å²) in [6.45, 7) is 1.43. The van der Waals surface area contributed by atoms with Crippen molar-refractivity contribution in [3.8, 4) is 0 Å². The van der Waals surface area contributed by atoms with Crippen LogP contribution in [0, 0.1) is 0 Å². The first-order valence-corrected chi connectivity index (χ1v) is 4.57. The maximum atomic E-state index is 12.9. The lowest BCUT2D eigenvalue weighted by atomic mass is 10.1. The molecule has 1 heterocycles. The molecule has 0 atom stereocenters. The second-order valence-electron chi connectivity index (χ2n) is 3.32. The first-order chi connectivity index (χ1) is 6.54. The summed E-state index contributed by atoms with van der Waals surface area (Å²) in [4.78, 5) is 4.00. The van der Waals surface area contributed by atoms with Crippen molar-refractivity contribution >= 4 is 0 Å². The third-order valence-corrected chi connectivity index (χ3v) is 1.96. The molecule has 0 aliphatic heterocycles. The second-order valence-corrected chi connectivity index (χ2v) is 3.32. The van der Waals surface area contributed by atoms with Gasteiger partial charge in [-0.3, -0.25) is 4.98 Å². The Morgan fingerprint density at radius 2 is 2.21 bits per heavy atom. The minimum atomic E-state index is -2.79. The SMILES string of the molecule is CC(F)(F)c1ccnc(CCCN)c1. The van der Waals surface area contributed by atoms with E-state index >= 15 is 0 Å². The predicted octanol–water partition coefficient (Wildman–Crippen LogP) is 2.08. The minimum Gasteiger partial charge on any atom is -0.330 e. The molecule has 0 amide bonds. The molecule has 0 unspecified atom stereocenters. The van der Waals surface area contributed by atoms with Gasteiger partial charge in [0.1, 0.15) is 0 Å². The van der Waals surface area contributed by atoms with E-state index in [4.69, 9.17) is 5.73 Å². The fourth-order valence-electron chi connectivity index (χ4n) is 1.17. The number of nitrogens with zero attached hydrogens (tertiary/aromatic N) is 1. The topological polar surface area (TPSA) is 38.9 Å². The van der Waals surface area contributed by atoms with Crippen LogP contribution in [0.4, 0.5) is 8.78 Å². The second kappa shape index (κ2) is 4.46. The molecule has 0 fully saturated rings. The molecule has 1 aromatic rings. The summed E-state index contributed by atoms with van der Waals surface area (Å²) in [7, 11) is 0. The molecule has 0 saturated carbocycles. The van der Waals surface area contributed by atoms with Gasteiger partial charge in [0, 0.05) is 24.4 Å². The Bertz CT molecular complexity index is 294. The molecule has 1 rings (SSSR count). The number of aromatic nitrogens is 1. The molecule has 2 N–H and O–H groups in total. The molecule has 14 heavy (non-hydrogen) atoms. The Labute approximate surface area is 82.1 Å². The molecular formula is C10H14F2N2. The van der Waals surface area contributed by atoms with Crippen molar-refractivity contribution in [1.29, 1.82) is 0 Å². The van der Waals surface area contributed by atoms with Crippen molar-refractivity contribution < 1.29 is 8.78 Å². The summed E-state index contributed by atoms with van der Waals surface area (Å²) >= 11 is 0. The molecule has 2 nitrogen and oxygen atoms in total. The predicted molar refractivity (Wildman–Crippen MR) is 51.2 cm³/mol. The minimum absolute atomic E-state index is 0.0134. The fraction of sp³-hybridized carbons (Fsp3) is 0.500. The molecule has 0 saturated heterocycles. The fourth-order valence-corrected chi connectivity index (χ4v) is 1.17. The quantitative estimate of drug-likeness (QED) is 0.808. The van der Waals surface area contributed by atoms with Crippen molar-refractivity contribution in [3.05, 3.63) is 29.6 Å². The molecule has 0 aliphatic rings. The summed E-state index contributed by atoms with van der Waals surface area (Å²) in [5, 5.41) is 0. The first kappa shape index (κ1) is 11.0.